The molecular weight excluding hydrogens is 482 g/mol. The number of nitrogens with zero attached hydrogens (tertiary/aromatic N) is 1. The lowest BCUT2D eigenvalue weighted by atomic mass is 9.94. The average molecular weight is 514 g/mol. The number of hydrogen-bond acceptors (Lipinski definition) is 6. The molecule has 1 unspecified atom stereocenters. The summed E-state index contributed by atoms with van der Waals surface area (Å²) in [6.45, 7) is 2.50. The molecule has 0 radical (unpaired) electrons. The fourth-order valence-corrected chi connectivity index (χ4v) is 4.08. The Morgan fingerprint density at radius 2 is 1.61 bits per heavy atom. The molecule has 0 aliphatic rings. The molecule has 4 aromatic rings. The number of aliphatic carboxylic acids is 1. The van der Waals surface area contributed by atoms with Crippen LogP contribution < -0.4 is 4.74 Å². The second kappa shape index (κ2) is 13.2. The highest BCUT2D eigenvalue weighted by Crippen LogP contribution is 2.23. The molecular formula is C31H31NO6. The zero-order chi connectivity index (χ0) is 26.7. The number of ether oxygens (including phenoxy) is 2. The van der Waals surface area contributed by atoms with Crippen LogP contribution in [-0.2, 0) is 33.8 Å². The van der Waals surface area contributed by atoms with E-state index in [2.05, 4.69) is 4.98 Å². The van der Waals surface area contributed by atoms with Gasteiger partial charge in [-0.3, -0.25) is 9.59 Å². The van der Waals surface area contributed by atoms with Gasteiger partial charge in [0.05, 0.1) is 18.2 Å². The molecule has 1 N–H and O–H groups in total. The van der Waals surface area contributed by atoms with Crippen LogP contribution in [0.15, 0.2) is 89.3 Å². The smallest absolute Gasteiger partial charge is 0.309 e. The zero-order valence-electron chi connectivity index (χ0n) is 21.3. The van der Waals surface area contributed by atoms with E-state index in [4.69, 9.17) is 19.0 Å². The van der Waals surface area contributed by atoms with E-state index in [-0.39, 0.29) is 19.4 Å². The molecule has 1 atom stereocenters. The summed E-state index contributed by atoms with van der Waals surface area (Å²) in [5.41, 5.74) is 3.58. The normalized spacial score (nSPS) is 11.6. The highest BCUT2D eigenvalue weighted by molar-refractivity contribution is 5.74. The minimum atomic E-state index is -0.937. The number of carboxylic acids is 1. The third-order valence-electron chi connectivity index (χ3n) is 6.19. The van der Waals surface area contributed by atoms with Gasteiger partial charge in [-0.2, -0.15) is 0 Å². The lowest BCUT2D eigenvalue weighted by molar-refractivity contribution is -0.150. The summed E-state index contributed by atoms with van der Waals surface area (Å²) >= 11 is 0. The van der Waals surface area contributed by atoms with Crippen molar-refractivity contribution in [3.63, 3.8) is 0 Å². The van der Waals surface area contributed by atoms with Crippen LogP contribution in [0.2, 0.25) is 0 Å². The van der Waals surface area contributed by atoms with Crippen LogP contribution in [0.25, 0.3) is 11.5 Å². The summed E-state index contributed by atoms with van der Waals surface area (Å²) in [6, 6.07) is 26.7. The van der Waals surface area contributed by atoms with E-state index >= 15 is 0 Å². The number of carbonyl (C=O) groups excluding carboxylic acids is 1. The molecule has 0 fully saturated rings. The Labute approximate surface area is 222 Å². The molecule has 4 rings (SSSR count). The fraction of sp³-hybridized carbons (Fsp3) is 0.258. The summed E-state index contributed by atoms with van der Waals surface area (Å²) in [4.78, 5) is 28.5. The van der Waals surface area contributed by atoms with Gasteiger partial charge in [0.1, 0.15) is 18.1 Å². The van der Waals surface area contributed by atoms with Crippen molar-refractivity contribution in [2.45, 2.75) is 39.2 Å². The number of oxazole rings is 1. The van der Waals surface area contributed by atoms with E-state index < -0.39 is 17.9 Å². The number of hydrogen-bond donors (Lipinski definition) is 1. The van der Waals surface area contributed by atoms with E-state index in [9.17, 15) is 9.59 Å². The van der Waals surface area contributed by atoms with Crippen LogP contribution in [0.1, 0.15) is 35.4 Å². The molecule has 0 amide bonds. The van der Waals surface area contributed by atoms with Gasteiger partial charge in [-0.15, -0.1) is 0 Å². The molecule has 1 aromatic heterocycles. The first-order chi connectivity index (χ1) is 18.5. The maximum absolute atomic E-state index is 12.7. The molecule has 0 aliphatic heterocycles. The molecule has 3 aromatic carbocycles. The predicted octanol–water partition coefficient (Wildman–Crippen LogP) is 6.04. The van der Waals surface area contributed by atoms with E-state index in [1.165, 1.54) is 0 Å². The Kier molecular flexibility index (Phi) is 9.29. The Hall–Kier alpha value is -4.39. The molecule has 38 heavy (non-hydrogen) atoms. The molecule has 0 bridgehead atoms. The second-order valence-electron chi connectivity index (χ2n) is 9.06. The zero-order valence-corrected chi connectivity index (χ0v) is 21.3. The van der Waals surface area contributed by atoms with Gasteiger partial charge in [-0.1, -0.05) is 60.7 Å². The minimum Gasteiger partial charge on any atom is -0.493 e. The molecule has 0 saturated carbocycles. The van der Waals surface area contributed by atoms with Crippen molar-refractivity contribution in [3.05, 3.63) is 108 Å². The number of rotatable bonds is 13. The van der Waals surface area contributed by atoms with Crippen LogP contribution in [0.3, 0.4) is 0 Å². The summed E-state index contributed by atoms with van der Waals surface area (Å²) in [6.07, 6.45) is 1.11. The Morgan fingerprint density at radius 1 is 0.921 bits per heavy atom. The van der Waals surface area contributed by atoms with Crippen molar-refractivity contribution in [2.75, 3.05) is 6.61 Å². The number of aromatic nitrogens is 1. The molecule has 0 saturated heterocycles. The Bertz CT molecular complexity index is 1320. The largest absolute Gasteiger partial charge is 0.493 e. The first-order valence-electron chi connectivity index (χ1n) is 12.6. The van der Waals surface area contributed by atoms with Crippen molar-refractivity contribution in [3.8, 4) is 17.2 Å². The number of esters is 1. The van der Waals surface area contributed by atoms with E-state index in [1.807, 2.05) is 91.9 Å². The van der Waals surface area contributed by atoms with Crippen LogP contribution in [0.4, 0.5) is 0 Å². The predicted molar refractivity (Wildman–Crippen MR) is 143 cm³/mol. The lowest BCUT2D eigenvalue weighted by Crippen LogP contribution is -2.21. The minimum absolute atomic E-state index is 0.0975. The highest BCUT2D eigenvalue weighted by atomic mass is 16.5. The van der Waals surface area contributed by atoms with Crippen LogP contribution in [-0.4, -0.2) is 28.6 Å². The van der Waals surface area contributed by atoms with E-state index in [0.717, 1.165) is 28.1 Å². The van der Waals surface area contributed by atoms with Crippen LogP contribution in [0.5, 0.6) is 5.75 Å². The monoisotopic (exact) mass is 513 g/mol. The molecule has 0 aliphatic carbocycles. The van der Waals surface area contributed by atoms with Crippen molar-refractivity contribution in [1.29, 1.82) is 0 Å². The van der Waals surface area contributed by atoms with Crippen molar-refractivity contribution < 1.29 is 28.6 Å². The third-order valence-corrected chi connectivity index (χ3v) is 6.19. The maximum Gasteiger partial charge on any atom is 0.309 e. The van der Waals surface area contributed by atoms with Gasteiger partial charge in [0.15, 0.2) is 0 Å². The number of benzene rings is 3. The Balaban J connectivity index is 1.30. The standard InChI is InChI=1S/C31H31NO6/c1-22-28(32-30(38-22)25-10-6-3-7-11-25)18-19-36-27-15-12-23(13-16-27)20-26(14-17-29(33)34)31(35)37-21-24-8-4-2-5-9-24/h2-13,15-16,26H,14,17-21H2,1H3,(H,33,34). The van der Waals surface area contributed by atoms with E-state index in [1.54, 1.807) is 0 Å². The van der Waals surface area contributed by atoms with Gasteiger partial charge in [-0.05, 0) is 55.2 Å². The highest BCUT2D eigenvalue weighted by Gasteiger charge is 2.22. The van der Waals surface area contributed by atoms with Gasteiger partial charge in [0.25, 0.3) is 0 Å². The average Bonchev–Trinajstić information content (AvgIpc) is 3.31. The van der Waals surface area contributed by atoms with Crippen molar-refractivity contribution >= 4 is 11.9 Å². The maximum atomic E-state index is 12.7. The van der Waals surface area contributed by atoms with Gasteiger partial charge < -0.3 is 19.0 Å². The summed E-state index contributed by atoms with van der Waals surface area (Å²) < 4.78 is 17.2. The van der Waals surface area contributed by atoms with Crippen LogP contribution >= 0.6 is 0 Å². The van der Waals surface area contributed by atoms with E-state index in [0.29, 0.717) is 31.1 Å². The van der Waals surface area contributed by atoms with Crippen molar-refractivity contribution in [2.24, 2.45) is 5.92 Å². The quantitative estimate of drug-likeness (QED) is 0.218. The molecule has 7 heteroatoms. The van der Waals surface area contributed by atoms with Crippen LogP contribution in [0, 0.1) is 12.8 Å². The van der Waals surface area contributed by atoms with Crippen molar-refractivity contribution in [1.82, 2.24) is 4.98 Å². The fourth-order valence-electron chi connectivity index (χ4n) is 4.08. The topological polar surface area (TPSA) is 98.9 Å². The van der Waals surface area contributed by atoms with Gasteiger partial charge in [-0.25, -0.2) is 4.98 Å². The SMILES string of the molecule is Cc1oc(-c2ccccc2)nc1CCOc1ccc(CC(CCC(=O)O)C(=O)OCc2ccccc2)cc1. The summed E-state index contributed by atoms with van der Waals surface area (Å²) in [7, 11) is 0. The van der Waals surface area contributed by atoms with Gasteiger partial charge in [0, 0.05) is 18.4 Å². The van der Waals surface area contributed by atoms with Gasteiger partial charge in [0.2, 0.25) is 5.89 Å². The first-order valence-corrected chi connectivity index (χ1v) is 12.6. The number of aryl methyl sites for hydroxylation is 1. The molecule has 7 nitrogen and oxygen atoms in total. The second-order valence-corrected chi connectivity index (χ2v) is 9.06. The van der Waals surface area contributed by atoms with Gasteiger partial charge >= 0.3 is 11.9 Å². The molecule has 0 spiro atoms. The molecule has 196 valence electrons. The Morgan fingerprint density at radius 3 is 2.29 bits per heavy atom. The summed E-state index contributed by atoms with van der Waals surface area (Å²) in [5, 5.41) is 9.12. The molecule has 1 heterocycles. The lowest BCUT2D eigenvalue weighted by Gasteiger charge is -2.16. The summed E-state index contributed by atoms with van der Waals surface area (Å²) in [5.74, 6) is 0.195. The number of carbonyl (C=O) groups is 2. The first kappa shape index (κ1) is 26.7. The number of carboxylic acid groups (broad SMARTS) is 1. The third kappa shape index (κ3) is 7.80.